The zero-order valence-corrected chi connectivity index (χ0v) is 18.5. The van der Waals surface area contributed by atoms with E-state index in [1.807, 2.05) is 109 Å². The number of benzene rings is 3. The van der Waals surface area contributed by atoms with Crippen molar-refractivity contribution in [3.05, 3.63) is 103 Å². The summed E-state index contributed by atoms with van der Waals surface area (Å²) in [5, 5.41) is 2.90. The van der Waals surface area contributed by atoms with E-state index in [0.29, 0.717) is 12.5 Å². The van der Waals surface area contributed by atoms with Crippen LogP contribution < -0.4 is 5.32 Å². The number of hydrogen-bond acceptors (Lipinski definition) is 3. The molecule has 1 aromatic heterocycles. The Balaban J connectivity index is 1.52. The molecule has 0 saturated carbocycles. The van der Waals surface area contributed by atoms with Crippen molar-refractivity contribution in [3.63, 3.8) is 0 Å². The van der Waals surface area contributed by atoms with E-state index in [1.54, 1.807) is 4.90 Å². The van der Waals surface area contributed by atoms with Gasteiger partial charge in [-0.3, -0.25) is 19.5 Å². The summed E-state index contributed by atoms with van der Waals surface area (Å²) in [6.07, 6.45) is 2.16. The number of carbonyl (C=O) groups is 2. The minimum absolute atomic E-state index is 0.0372. The summed E-state index contributed by atoms with van der Waals surface area (Å²) in [6, 6.07) is 29.1. The molecule has 0 saturated heterocycles. The van der Waals surface area contributed by atoms with Gasteiger partial charge in [0.1, 0.15) is 0 Å². The molecule has 1 N–H and O–H groups in total. The van der Waals surface area contributed by atoms with E-state index >= 15 is 0 Å². The third-order valence-electron chi connectivity index (χ3n) is 5.33. The number of anilines is 1. The van der Waals surface area contributed by atoms with Crippen LogP contribution in [0.25, 0.3) is 16.9 Å². The Labute approximate surface area is 193 Å². The van der Waals surface area contributed by atoms with E-state index in [2.05, 4.69) is 10.3 Å². The Morgan fingerprint density at radius 2 is 1.48 bits per heavy atom. The average Bonchev–Trinajstić information content (AvgIpc) is 3.28. The van der Waals surface area contributed by atoms with Crippen molar-refractivity contribution in [2.45, 2.75) is 13.3 Å². The lowest BCUT2D eigenvalue weighted by Crippen LogP contribution is -2.39. The molecule has 0 aliphatic carbocycles. The largest absolute Gasteiger partial charge is 0.333 e. The molecule has 33 heavy (non-hydrogen) atoms. The SMILES string of the molecule is CCN(CC(=O)Nc1nc(-c2ccccc2)cn1-c1ccccc1)C(=O)Cc1ccccc1. The molecular formula is C27H26N4O2. The third-order valence-corrected chi connectivity index (χ3v) is 5.33. The van der Waals surface area contributed by atoms with Crippen molar-refractivity contribution >= 4 is 17.8 Å². The molecule has 0 aliphatic heterocycles. The third kappa shape index (κ3) is 5.54. The van der Waals surface area contributed by atoms with Crippen LogP contribution in [-0.2, 0) is 16.0 Å². The first-order chi connectivity index (χ1) is 16.1. The number of hydrogen-bond donors (Lipinski definition) is 1. The number of imidazole rings is 1. The van der Waals surface area contributed by atoms with E-state index < -0.39 is 0 Å². The monoisotopic (exact) mass is 438 g/mol. The minimum atomic E-state index is -0.291. The first kappa shape index (κ1) is 22.0. The number of aromatic nitrogens is 2. The van der Waals surface area contributed by atoms with Gasteiger partial charge in [-0.1, -0.05) is 78.9 Å². The van der Waals surface area contributed by atoms with E-state index in [-0.39, 0.29) is 24.8 Å². The number of nitrogens with one attached hydrogen (secondary N) is 1. The molecule has 0 spiro atoms. The van der Waals surface area contributed by atoms with Crippen LogP contribution in [0, 0.1) is 0 Å². The van der Waals surface area contributed by atoms with E-state index in [0.717, 1.165) is 22.5 Å². The van der Waals surface area contributed by atoms with Gasteiger partial charge in [0.15, 0.2) is 0 Å². The molecule has 0 bridgehead atoms. The van der Waals surface area contributed by atoms with E-state index in [4.69, 9.17) is 0 Å². The summed E-state index contributed by atoms with van der Waals surface area (Å²) in [6.45, 7) is 2.28. The Morgan fingerprint density at radius 1 is 0.879 bits per heavy atom. The summed E-state index contributed by atoms with van der Waals surface area (Å²) in [5.41, 5.74) is 3.52. The highest BCUT2D eigenvalue weighted by Crippen LogP contribution is 2.24. The van der Waals surface area contributed by atoms with Crippen molar-refractivity contribution in [2.75, 3.05) is 18.4 Å². The number of amides is 2. The number of para-hydroxylation sites is 1. The van der Waals surface area contributed by atoms with Crippen LogP contribution in [0.3, 0.4) is 0 Å². The zero-order valence-electron chi connectivity index (χ0n) is 18.5. The molecule has 1 heterocycles. The molecule has 166 valence electrons. The minimum Gasteiger partial charge on any atom is -0.333 e. The molecule has 0 aliphatic rings. The summed E-state index contributed by atoms with van der Waals surface area (Å²) in [7, 11) is 0. The van der Waals surface area contributed by atoms with Gasteiger partial charge in [-0.05, 0) is 24.6 Å². The van der Waals surface area contributed by atoms with Crippen molar-refractivity contribution in [3.8, 4) is 16.9 Å². The van der Waals surface area contributed by atoms with Crippen LogP contribution in [-0.4, -0.2) is 39.4 Å². The highest BCUT2D eigenvalue weighted by molar-refractivity contribution is 5.94. The lowest BCUT2D eigenvalue weighted by molar-refractivity contribution is -0.133. The van der Waals surface area contributed by atoms with E-state index in [1.165, 1.54) is 0 Å². The van der Waals surface area contributed by atoms with Gasteiger partial charge in [-0.2, -0.15) is 0 Å². The maximum atomic E-state index is 12.9. The van der Waals surface area contributed by atoms with Gasteiger partial charge < -0.3 is 4.90 Å². The zero-order chi connectivity index (χ0) is 23.0. The Bertz CT molecular complexity index is 1200. The highest BCUT2D eigenvalue weighted by Gasteiger charge is 2.19. The van der Waals surface area contributed by atoms with Crippen molar-refractivity contribution in [2.24, 2.45) is 0 Å². The predicted octanol–water partition coefficient (Wildman–Crippen LogP) is 4.57. The van der Waals surface area contributed by atoms with Crippen LogP contribution >= 0.6 is 0 Å². The fourth-order valence-corrected chi connectivity index (χ4v) is 3.60. The highest BCUT2D eigenvalue weighted by atomic mass is 16.2. The maximum absolute atomic E-state index is 12.9. The quantitative estimate of drug-likeness (QED) is 0.438. The van der Waals surface area contributed by atoms with Gasteiger partial charge in [0.2, 0.25) is 17.8 Å². The standard InChI is InChI=1S/C27H26N4O2/c1-2-30(26(33)18-21-12-6-3-7-13-21)20-25(32)29-27-28-24(22-14-8-4-9-15-22)19-31(27)23-16-10-5-11-17-23/h3-17,19H,2,18,20H2,1H3,(H,28,29,32). The second-order valence-corrected chi connectivity index (χ2v) is 7.64. The van der Waals surface area contributed by atoms with Gasteiger partial charge in [0.05, 0.1) is 18.7 Å². The first-order valence-corrected chi connectivity index (χ1v) is 11.0. The molecule has 0 radical (unpaired) electrons. The fraction of sp³-hybridized carbons (Fsp3) is 0.148. The van der Waals surface area contributed by atoms with Crippen LogP contribution in [0.15, 0.2) is 97.2 Å². The number of rotatable bonds is 8. The molecule has 0 unspecified atom stereocenters. The summed E-state index contributed by atoms with van der Waals surface area (Å²) >= 11 is 0. The molecule has 2 amide bonds. The Hall–Kier alpha value is -4.19. The van der Waals surface area contributed by atoms with Gasteiger partial charge in [-0.15, -0.1) is 0 Å². The van der Waals surface area contributed by atoms with Crippen molar-refractivity contribution < 1.29 is 9.59 Å². The normalized spacial score (nSPS) is 10.6. The summed E-state index contributed by atoms with van der Waals surface area (Å²) in [5.74, 6) is 0.0347. The van der Waals surface area contributed by atoms with Gasteiger partial charge in [-0.25, -0.2) is 4.98 Å². The number of likely N-dealkylation sites (N-methyl/N-ethyl adjacent to an activating group) is 1. The molecule has 6 nitrogen and oxygen atoms in total. The first-order valence-electron chi connectivity index (χ1n) is 11.0. The predicted molar refractivity (Wildman–Crippen MR) is 130 cm³/mol. The molecule has 3 aromatic carbocycles. The Kier molecular flexibility index (Phi) is 6.95. The van der Waals surface area contributed by atoms with Crippen molar-refractivity contribution in [1.82, 2.24) is 14.5 Å². The van der Waals surface area contributed by atoms with Gasteiger partial charge in [0.25, 0.3) is 0 Å². The van der Waals surface area contributed by atoms with Gasteiger partial charge >= 0.3 is 0 Å². The maximum Gasteiger partial charge on any atom is 0.246 e. The Morgan fingerprint density at radius 3 is 2.12 bits per heavy atom. The second kappa shape index (κ2) is 10.4. The van der Waals surface area contributed by atoms with E-state index in [9.17, 15) is 9.59 Å². The summed E-state index contributed by atoms with van der Waals surface area (Å²) < 4.78 is 1.85. The number of carbonyl (C=O) groups excluding carboxylic acids is 2. The molecule has 4 rings (SSSR count). The average molecular weight is 439 g/mol. The molecular weight excluding hydrogens is 412 g/mol. The molecule has 6 heteroatoms. The number of nitrogens with zero attached hydrogens (tertiary/aromatic N) is 3. The van der Waals surface area contributed by atoms with Crippen molar-refractivity contribution in [1.29, 1.82) is 0 Å². The smallest absolute Gasteiger partial charge is 0.246 e. The molecule has 0 fully saturated rings. The van der Waals surface area contributed by atoms with Crippen LogP contribution in [0.2, 0.25) is 0 Å². The lowest BCUT2D eigenvalue weighted by atomic mass is 10.1. The fourth-order valence-electron chi connectivity index (χ4n) is 3.60. The van der Waals surface area contributed by atoms with Crippen LogP contribution in [0.1, 0.15) is 12.5 Å². The molecule has 4 aromatic rings. The lowest BCUT2D eigenvalue weighted by Gasteiger charge is -2.20. The van der Waals surface area contributed by atoms with Gasteiger partial charge in [0, 0.05) is 24.0 Å². The topological polar surface area (TPSA) is 67.2 Å². The van der Waals surface area contributed by atoms with Crippen LogP contribution in [0.5, 0.6) is 0 Å². The van der Waals surface area contributed by atoms with Crippen LogP contribution in [0.4, 0.5) is 5.95 Å². The molecule has 0 atom stereocenters. The second-order valence-electron chi connectivity index (χ2n) is 7.64. The summed E-state index contributed by atoms with van der Waals surface area (Å²) in [4.78, 5) is 31.9.